The van der Waals surface area contributed by atoms with E-state index in [1.54, 1.807) is 42.5 Å². The van der Waals surface area contributed by atoms with Crippen LogP contribution in [0, 0.1) is 6.92 Å². The first-order valence-corrected chi connectivity index (χ1v) is 10.1. The SMILES string of the molecule is Cc1cccc2sc(NC(=O)c3cccc(N4C(=O)c5ccccc5C4=O)c3)nc12. The first kappa shape index (κ1) is 18.2. The third-order valence-corrected chi connectivity index (χ3v) is 5.94. The molecule has 0 aliphatic carbocycles. The molecule has 0 radical (unpaired) electrons. The zero-order valence-electron chi connectivity index (χ0n) is 15.9. The first-order valence-electron chi connectivity index (χ1n) is 9.28. The number of carbonyl (C=O) groups is 3. The van der Waals surface area contributed by atoms with Crippen LogP contribution in [0.3, 0.4) is 0 Å². The van der Waals surface area contributed by atoms with Crippen LogP contribution in [0.25, 0.3) is 10.2 Å². The van der Waals surface area contributed by atoms with Gasteiger partial charge in [0.05, 0.1) is 27.0 Å². The molecule has 1 aliphatic heterocycles. The number of aromatic nitrogens is 1. The number of hydrogen-bond donors (Lipinski definition) is 1. The summed E-state index contributed by atoms with van der Waals surface area (Å²) >= 11 is 1.39. The number of carbonyl (C=O) groups excluding carboxylic acids is 3. The average Bonchev–Trinajstić information content (AvgIpc) is 3.28. The number of nitrogens with zero attached hydrogens (tertiary/aromatic N) is 2. The number of thiazole rings is 1. The van der Waals surface area contributed by atoms with Crippen LogP contribution in [0.2, 0.25) is 0 Å². The molecule has 146 valence electrons. The van der Waals surface area contributed by atoms with E-state index in [9.17, 15) is 14.4 Å². The largest absolute Gasteiger partial charge is 0.298 e. The van der Waals surface area contributed by atoms with E-state index < -0.39 is 11.8 Å². The number of hydrogen-bond acceptors (Lipinski definition) is 5. The predicted octanol–water partition coefficient (Wildman–Crippen LogP) is 4.66. The average molecular weight is 413 g/mol. The normalized spacial score (nSPS) is 13.0. The van der Waals surface area contributed by atoms with Crippen molar-refractivity contribution in [3.8, 4) is 0 Å². The van der Waals surface area contributed by atoms with Crippen LogP contribution >= 0.6 is 11.3 Å². The zero-order chi connectivity index (χ0) is 20.8. The van der Waals surface area contributed by atoms with Gasteiger partial charge >= 0.3 is 0 Å². The van der Waals surface area contributed by atoms with Crippen LogP contribution in [-0.4, -0.2) is 22.7 Å². The van der Waals surface area contributed by atoms with E-state index in [0.717, 1.165) is 20.7 Å². The van der Waals surface area contributed by atoms with Crippen molar-refractivity contribution < 1.29 is 14.4 Å². The molecule has 30 heavy (non-hydrogen) atoms. The summed E-state index contributed by atoms with van der Waals surface area (Å²) in [4.78, 5) is 43.8. The van der Waals surface area contributed by atoms with Crippen molar-refractivity contribution in [2.45, 2.75) is 6.92 Å². The van der Waals surface area contributed by atoms with Crippen molar-refractivity contribution >= 4 is 50.1 Å². The van der Waals surface area contributed by atoms with Gasteiger partial charge in [-0.15, -0.1) is 0 Å². The summed E-state index contributed by atoms with van der Waals surface area (Å²) in [6.45, 7) is 1.97. The second-order valence-corrected chi connectivity index (χ2v) is 7.97. The molecular formula is C23H15N3O3S. The molecule has 1 N–H and O–H groups in total. The molecule has 6 nitrogen and oxygen atoms in total. The minimum absolute atomic E-state index is 0.333. The van der Waals surface area contributed by atoms with E-state index in [-0.39, 0.29) is 5.91 Å². The number of benzene rings is 3. The topological polar surface area (TPSA) is 79.4 Å². The number of para-hydroxylation sites is 1. The van der Waals surface area contributed by atoms with Gasteiger partial charge in [-0.1, -0.05) is 41.7 Å². The lowest BCUT2D eigenvalue weighted by atomic mass is 10.1. The summed E-state index contributed by atoms with van der Waals surface area (Å²) in [5.41, 5.74) is 3.31. The van der Waals surface area contributed by atoms with Crippen LogP contribution in [-0.2, 0) is 0 Å². The first-order chi connectivity index (χ1) is 14.5. The maximum atomic E-state index is 12.8. The van der Waals surface area contributed by atoms with Gasteiger partial charge in [0, 0.05) is 5.56 Å². The molecule has 0 unspecified atom stereocenters. The molecule has 0 spiro atoms. The molecular weight excluding hydrogens is 398 g/mol. The fourth-order valence-electron chi connectivity index (χ4n) is 3.52. The molecule has 5 rings (SSSR count). The monoisotopic (exact) mass is 413 g/mol. The summed E-state index contributed by atoms with van der Waals surface area (Å²) in [6.07, 6.45) is 0. The molecule has 0 fully saturated rings. The minimum Gasteiger partial charge on any atom is -0.298 e. The number of fused-ring (bicyclic) bond motifs is 2. The Morgan fingerprint density at radius 3 is 2.33 bits per heavy atom. The Kier molecular flexibility index (Phi) is 4.18. The van der Waals surface area contributed by atoms with Gasteiger partial charge in [0.1, 0.15) is 0 Å². The molecule has 0 saturated heterocycles. The van der Waals surface area contributed by atoms with Gasteiger partial charge in [0.15, 0.2) is 5.13 Å². The number of aryl methyl sites for hydroxylation is 1. The molecule has 1 aromatic heterocycles. The van der Waals surface area contributed by atoms with Gasteiger partial charge in [-0.25, -0.2) is 9.88 Å². The lowest BCUT2D eigenvalue weighted by Gasteiger charge is -2.14. The summed E-state index contributed by atoms with van der Waals surface area (Å²) < 4.78 is 0.991. The number of anilines is 2. The maximum Gasteiger partial charge on any atom is 0.266 e. The molecule has 0 saturated carbocycles. The third kappa shape index (κ3) is 2.87. The standard InChI is InChI=1S/C23H15N3O3S/c1-13-6-4-11-18-19(13)24-23(30-18)25-20(27)14-7-5-8-15(12-14)26-21(28)16-9-2-3-10-17(16)22(26)29/h2-12H,1H3,(H,24,25,27). The summed E-state index contributed by atoms with van der Waals surface area (Å²) in [6, 6.07) is 19.0. The number of amides is 3. The van der Waals surface area contributed by atoms with Crippen molar-refractivity contribution in [2.75, 3.05) is 10.2 Å². The third-order valence-electron chi connectivity index (χ3n) is 5.00. The lowest BCUT2D eigenvalue weighted by Crippen LogP contribution is -2.29. The summed E-state index contributed by atoms with van der Waals surface area (Å²) in [7, 11) is 0. The van der Waals surface area contributed by atoms with Crippen molar-refractivity contribution in [2.24, 2.45) is 0 Å². The quantitative estimate of drug-likeness (QED) is 0.496. The Labute approximate surface area is 175 Å². The smallest absolute Gasteiger partial charge is 0.266 e. The fraction of sp³-hybridized carbons (Fsp3) is 0.0435. The highest BCUT2D eigenvalue weighted by Gasteiger charge is 2.36. The molecule has 1 aliphatic rings. The van der Waals surface area contributed by atoms with E-state index in [1.165, 1.54) is 17.4 Å². The van der Waals surface area contributed by atoms with Gasteiger partial charge < -0.3 is 0 Å². The Morgan fingerprint density at radius 2 is 1.63 bits per heavy atom. The molecule has 3 amide bonds. The van der Waals surface area contributed by atoms with Gasteiger partial charge in [-0.05, 0) is 48.9 Å². The van der Waals surface area contributed by atoms with E-state index in [2.05, 4.69) is 10.3 Å². The van der Waals surface area contributed by atoms with E-state index >= 15 is 0 Å². The lowest BCUT2D eigenvalue weighted by molar-refractivity contribution is 0.0924. The van der Waals surface area contributed by atoms with Crippen molar-refractivity contribution in [3.05, 3.63) is 89.0 Å². The second kappa shape index (κ2) is 6.89. The molecule has 2 heterocycles. The molecule has 4 aromatic rings. The van der Waals surface area contributed by atoms with Crippen LogP contribution < -0.4 is 10.2 Å². The van der Waals surface area contributed by atoms with Crippen LogP contribution in [0.1, 0.15) is 36.6 Å². The Bertz CT molecular complexity index is 1320. The van der Waals surface area contributed by atoms with Crippen LogP contribution in [0.4, 0.5) is 10.8 Å². The molecule has 0 atom stereocenters. The molecule has 0 bridgehead atoms. The Balaban J connectivity index is 1.43. The highest BCUT2D eigenvalue weighted by atomic mass is 32.1. The number of rotatable bonds is 3. The van der Waals surface area contributed by atoms with E-state index in [1.807, 2.05) is 25.1 Å². The highest BCUT2D eigenvalue weighted by Crippen LogP contribution is 2.30. The maximum absolute atomic E-state index is 12.8. The van der Waals surface area contributed by atoms with Gasteiger partial charge in [-0.2, -0.15) is 0 Å². The van der Waals surface area contributed by atoms with Crippen molar-refractivity contribution in [3.63, 3.8) is 0 Å². The molecule has 3 aromatic carbocycles. The molecule has 7 heteroatoms. The van der Waals surface area contributed by atoms with E-state index in [0.29, 0.717) is 27.5 Å². The van der Waals surface area contributed by atoms with Crippen molar-refractivity contribution in [1.82, 2.24) is 4.98 Å². The van der Waals surface area contributed by atoms with Crippen molar-refractivity contribution in [1.29, 1.82) is 0 Å². The van der Waals surface area contributed by atoms with Crippen LogP contribution in [0.15, 0.2) is 66.7 Å². The summed E-state index contributed by atoms with van der Waals surface area (Å²) in [5.74, 6) is -1.14. The summed E-state index contributed by atoms with van der Waals surface area (Å²) in [5, 5.41) is 3.31. The number of nitrogens with one attached hydrogen (secondary N) is 1. The Morgan fingerprint density at radius 1 is 0.933 bits per heavy atom. The second-order valence-electron chi connectivity index (χ2n) is 6.94. The minimum atomic E-state index is -0.394. The van der Waals surface area contributed by atoms with Crippen LogP contribution in [0.5, 0.6) is 0 Å². The van der Waals surface area contributed by atoms with Gasteiger partial charge in [-0.3, -0.25) is 19.7 Å². The fourth-order valence-corrected chi connectivity index (χ4v) is 4.46. The Hall–Kier alpha value is -3.84. The highest BCUT2D eigenvalue weighted by molar-refractivity contribution is 7.22. The van der Waals surface area contributed by atoms with Gasteiger partial charge in [0.2, 0.25) is 0 Å². The number of imide groups is 1. The van der Waals surface area contributed by atoms with E-state index in [4.69, 9.17) is 0 Å². The van der Waals surface area contributed by atoms with Gasteiger partial charge in [0.25, 0.3) is 17.7 Å². The zero-order valence-corrected chi connectivity index (χ0v) is 16.7. The predicted molar refractivity (Wildman–Crippen MR) is 116 cm³/mol.